The highest BCUT2D eigenvalue weighted by atomic mass is 16.2. The number of aromatic nitrogens is 2. The molecule has 0 N–H and O–H groups in total. The van der Waals surface area contributed by atoms with E-state index in [2.05, 4.69) is 33.0 Å². The van der Waals surface area contributed by atoms with Gasteiger partial charge in [-0.15, -0.1) is 0 Å². The number of piperazine rings is 1. The molecule has 0 atom stereocenters. The first kappa shape index (κ1) is 18.7. The van der Waals surface area contributed by atoms with Crippen LogP contribution in [0.25, 0.3) is 0 Å². The minimum atomic E-state index is 0.250. The van der Waals surface area contributed by atoms with Gasteiger partial charge in [-0.25, -0.2) is 4.98 Å². The molecule has 28 heavy (non-hydrogen) atoms. The molecule has 0 unspecified atom stereocenters. The molecule has 148 valence electrons. The Bertz CT molecular complexity index is 796. The van der Waals surface area contributed by atoms with Crippen LogP contribution in [0.5, 0.6) is 0 Å². The molecule has 0 aliphatic carbocycles. The van der Waals surface area contributed by atoms with Gasteiger partial charge in [0.05, 0.1) is 0 Å². The lowest BCUT2D eigenvalue weighted by Gasteiger charge is -2.36. The summed E-state index contributed by atoms with van der Waals surface area (Å²) in [7, 11) is 0. The Hall–Kier alpha value is -2.63. The van der Waals surface area contributed by atoms with Gasteiger partial charge in [-0.05, 0) is 31.7 Å². The molecule has 1 aromatic heterocycles. The fraction of sp³-hybridized carbons (Fsp3) is 0.500. The number of nitrogens with zero attached hydrogens (tertiary/aromatic N) is 5. The molecule has 1 aromatic carbocycles. The van der Waals surface area contributed by atoms with Crippen molar-refractivity contribution in [1.82, 2.24) is 14.9 Å². The number of carbonyl (C=O) groups excluding carboxylic acids is 1. The van der Waals surface area contributed by atoms with Gasteiger partial charge in [0.2, 0.25) is 11.9 Å². The van der Waals surface area contributed by atoms with Crippen LogP contribution in [0, 0.1) is 6.92 Å². The lowest BCUT2D eigenvalue weighted by Crippen LogP contribution is -2.49. The summed E-state index contributed by atoms with van der Waals surface area (Å²) < 4.78 is 0. The number of anilines is 2. The fourth-order valence-electron chi connectivity index (χ4n) is 4.00. The number of benzene rings is 1. The molecule has 1 amide bonds. The van der Waals surface area contributed by atoms with Crippen LogP contribution in [0.1, 0.15) is 30.5 Å². The van der Waals surface area contributed by atoms with E-state index in [-0.39, 0.29) is 5.91 Å². The van der Waals surface area contributed by atoms with Crippen molar-refractivity contribution in [3.05, 3.63) is 47.7 Å². The Kier molecular flexibility index (Phi) is 5.74. The van der Waals surface area contributed by atoms with Crippen molar-refractivity contribution < 1.29 is 4.79 Å². The average Bonchev–Trinajstić information content (AvgIpc) is 3.27. The lowest BCUT2D eigenvalue weighted by atomic mass is 10.1. The largest absolute Gasteiger partial charge is 0.353 e. The van der Waals surface area contributed by atoms with E-state index in [1.807, 2.05) is 30.0 Å². The monoisotopic (exact) mass is 379 g/mol. The average molecular weight is 380 g/mol. The normalized spacial score (nSPS) is 17.2. The van der Waals surface area contributed by atoms with Gasteiger partial charge in [0.1, 0.15) is 5.82 Å². The maximum atomic E-state index is 12.6. The highest BCUT2D eigenvalue weighted by molar-refractivity contribution is 5.76. The summed E-state index contributed by atoms with van der Waals surface area (Å²) in [4.78, 5) is 28.6. The fourth-order valence-corrected chi connectivity index (χ4v) is 4.00. The number of hydrogen-bond donors (Lipinski definition) is 0. The van der Waals surface area contributed by atoms with Crippen molar-refractivity contribution in [2.45, 2.75) is 32.6 Å². The molecule has 2 fully saturated rings. The van der Waals surface area contributed by atoms with E-state index in [0.717, 1.165) is 63.1 Å². The summed E-state index contributed by atoms with van der Waals surface area (Å²) in [5.74, 6) is 2.10. The molecular weight excluding hydrogens is 350 g/mol. The van der Waals surface area contributed by atoms with Crippen molar-refractivity contribution in [1.29, 1.82) is 0 Å². The first-order valence-electron chi connectivity index (χ1n) is 10.4. The first-order valence-corrected chi connectivity index (χ1v) is 10.4. The molecule has 4 rings (SSSR count). The van der Waals surface area contributed by atoms with Crippen molar-refractivity contribution in [2.24, 2.45) is 0 Å². The molecule has 0 saturated carbocycles. The van der Waals surface area contributed by atoms with Crippen molar-refractivity contribution in [3.8, 4) is 0 Å². The van der Waals surface area contributed by atoms with Crippen LogP contribution < -0.4 is 9.80 Å². The van der Waals surface area contributed by atoms with Crippen LogP contribution in [-0.4, -0.2) is 60.0 Å². The van der Waals surface area contributed by atoms with Gasteiger partial charge in [-0.3, -0.25) is 4.79 Å². The van der Waals surface area contributed by atoms with Gasteiger partial charge in [-0.1, -0.05) is 30.3 Å². The number of amides is 1. The highest BCUT2D eigenvalue weighted by Crippen LogP contribution is 2.22. The van der Waals surface area contributed by atoms with E-state index in [4.69, 9.17) is 4.98 Å². The summed E-state index contributed by atoms with van der Waals surface area (Å²) in [5.41, 5.74) is 2.23. The van der Waals surface area contributed by atoms with Crippen LogP contribution in [-0.2, 0) is 11.2 Å². The number of aryl methyl sites for hydroxylation is 2. The van der Waals surface area contributed by atoms with Crippen LogP contribution in [0.3, 0.4) is 0 Å². The zero-order valence-corrected chi connectivity index (χ0v) is 16.7. The second-order valence-corrected chi connectivity index (χ2v) is 7.72. The molecule has 0 radical (unpaired) electrons. The highest BCUT2D eigenvalue weighted by Gasteiger charge is 2.23. The van der Waals surface area contributed by atoms with Crippen LogP contribution >= 0.6 is 0 Å². The van der Waals surface area contributed by atoms with Gasteiger partial charge in [0.25, 0.3) is 0 Å². The molecule has 6 heteroatoms. The van der Waals surface area contributed by atoms with Gasteiger partial charge < -0.3 is 14.7 Å². The van der Waals surface area contributed by atoms with Crippen molar-refractivity contribution in [3.63, 3.8) is 0 Å². The molecule has 2 aliphatic heterocycles. The van der Waals surface area contributed by atoms with E-state index >= 15 is 0 Å². The molecule has 2 saturated heterocycles. The minimum absolute atomic E-state index is 0.250. The number of rotatable bonds is 5. The predicted octanol–water partition coefficient (Wildman–Crippen LogP) is 2.67. The zero-order valence-electron chi connectivity index (χ0n) is 16.7. The zero-order chi connectivity index (χ0) is 19.3. The van der Waals surface area contributed by atoms with Gasteiger partial charge in [0.15, 0.2) is 0 Å². The van der Waals surface area contributed by atoms with Crippen molar-refractivity contribution in [2.75, 3.05) is 49.1 Å². The van der Waals surface area contributed by atoms with E-state index < -0.39 is 0 Å². The third-order valence-corrected chi connectivity index (χ3v) is 5.64. The molecule has 0 spiro atoms. The maximum Gasteiger partial charge on any atom is 0.227 e. The maximum absolute atomic E-state index is 12.6. The second-order valence-electron chi connectivity index (χ2n) is 7.72. The predicted molar refractivity (Wildman–Crippen MR) is 112 cm³/mol. The Morgan fingerprint density at radius 3 is 2.36 bits per heavy atom. The Morgan fingerprint density at radius 1 is 0.929 bits per heavy atom. The second kappa shape index (κ2) is 8.59. The quantitative estimate of drug-likeness (QED) is 0.799. The van der Waals surface area contributed by atoms with Crippen molar-refractivity contribution >= 4 is 17.7 Å². The molecule has 0 bridgehead atoms. The van der Waals surface area contributed by atoms with Crippen LogP contribution in [0.15, 0.2) is 36.4 Å². The summed E-state index contributed by atoms with van der Waals surface area (Å²) >= 11 is 0. The van der Waals surface area contributed by atoms with E-state index in [0.29, 0.717) is 6.42 Å². The van der Waals surface area contributed by atoms with Crippen LogP contribution in [0.4, 0.5) is 11.8 Å². The smallest absolute Gasteiger partial charge is 0.227 e. The molecule has 2 aliphatic rings. The standard InChI is InChI=1S/C22H29N5O/c1-18-17-20(24-22(23-18)27-11-5-6-12-27)25-13-15-26(16-14-25)21(28)10-9-19-7-3-2-4-8-19/h2-4,7-8,17H,5-6,9-16H2,1H3. The third-order valence-electron chi connectivity index (χ3n) is 5.64. The Balaban J connectivity index is 1.33. The molecule has 3 heterocycles. The molecule has 6 nitrogen and oxygen atoms in total. The molecule has 2 aromatic rings. The van der Waals surface area contributed by atoms with Crippen LogP contribution in [0.2, 0.25) is 0 Å². The molecular formula is C22H29N5O. The summed E-state index contributed by atoms with van der Waals surface area (Å²) in [6, 6.07) is 12.3. The van der Waals surface area contributed by atoms with Gasteiger partial charge in [-0.2, -0.15) is 4.98 Å². The number of carbonyl (C=O) groups is 1. The summed E-state index contributed by atoms with van der Waals surface area (Å²) in [5, 5.41) is 0. The number of hydrogen-bond acceptors (Lipinski definition) is 5. The van der Waals surface area contributed by atoms with E-state index in [1.165, 1.54) is 18.4 Å². The minimum Gasteiger partial charge on any atom is -0.353 e. The van der Waals surface area contributed by atoms with Gasteiger partial charge >= 0.3 is 0 Å². The topological polar surface area (TPSA) is 52.6 Å². The van der Waals surface area contributed by atoms with Gasteiger partial charge in [0, 0.05) is 57.4 Å². The third kappa shape index (κ3) is 4.43. The Morgan fingerprint density at radius 2 is 1.64 bits per heavy atom. The lowest BCUT2D eigenvalue weighted by molar-refractivity contribution is -0.131. The SMILES string of the molecule is Cc1cc(N2CCN(C(=O)CCc3ccccc3)CC2)nc(N2CCCC2)n1. The van der Waals surface area contributed by atoms with E-state index in [1.54, 1.807) is 0 Å². The first-order chi connectivity index (χ1) is 13.7. The Labute approximate surface area is 167 Å². The summed E-state index contributed by atoms with van der Waals surface area (Å²) in [6.45, 7) is 7.30. The van der Waals surface area contributed by atoms with E-state index in [9.17, 15) is 4.79 Å². The summed E-state index contributed by atoms with van der Waals surface area (Å²) in [6.07, 6.45) is 3.83.